The lowest BCUT2D eigenvalue weighted by Crippen LogP contribution is -2.19. The van der Waals surface area contributed by atoms with Gasteiger partial charge in [-0.15, -0.1) is 10.2 Å². The summed E-state index contributed by atoms with van der Waals surface area (Å²) in [5.41, 5.74) is 6.84. The second kappa shape index (κ2) is 11.6. The van der Waals surface area contributed by atoms with Gasteiger partial charge in [-0.2, -0.15) is 5.10 Å². The van der Waals surface area contributed by atoms with E-state index >= 15 is 0 Å². The Bertz CT molecular complexity index is 1340. The van der Waals surface area contributed by atoms with E-state index in [0.717, 1.165) is 22.6 Å². The first-order valence-electron chi connectivity index (χ1n) is 11.7. The summed E-state index contributed by atoms with van der Waals surface area (Å²) in [5.74, 6) is 0.671. The highest BCUT2D eigenvalue weighted by molar-refractivity contribution is 7.99. The van der Waals surface area contributed by atoms with Gasteiger partial charge in [0.2, 0.25) is 0 Å². The molecule has 0 radical (unpaired) electrons. The molecule has 1 amide bonds. The Morgan fingerprint density at radius 2 is 1.61 bits per heavy atom. The average molecular weight is 496 g/mol. The Labute approximate surface area is 216 Å². The van der Waals surface area contributed by atoms with Crippen LogP contribution < -0.4 is 5.43 Å². The third kappa shape index (κ3) is 6.58. The van der Waals surface area contributed by atoms with E-state index in [4.69, 9.17) is 0 Å². The molecule has 6 nitrogen and oxygen atoms in total. The molecule has 0 atom stereocenters. The molecule has 3 aromatic carbocycles. The number of aromatic nitrogens is 3. The molecule has 1 N–H and O–H groups in total. The molecule has 0 aliphatic rings. The quantitative estimate of drug-likeness (QED) is 0.181. The number of hydrazone groups is 1. The third-order valence-electron chi connectivity index (χ3n) is 5.43. The summed E-state index contributed by atoms with van der Waals surface area (Å²) < 4.78 is 1.98. The van der Waals surface area contributed by atoms with E-state index in [1.165, 1.54) is 17.3 Å². The van der Waals surface area contributed by atoms with Crippen LogP contribution in [-0.4, -0.2) is 32.6 Å². The lowest BCUT2D eigenvalue weighted by molar-refractivity contribution is -0.118. The summed E-state index contributed by atoms with van der Waals surface area (Å²) >= 11 is 1.32. The number of para-hydroxylation sites is 1. The van der Waals surface area contributed by atoms with E-state index in [2.05, 4.69) is 65.8 Å². The van der Waals surface area contributed by atoms with Gasteiger partial charge < -0.3 is 0 Å². The van der Waals surface area contributed by atoms with Gasteiger partial charge in [0.15, 0.2) is 11.0 Å². The van der Waals surface area contributed by atoms with Gasteiger partial charge in [0, 0.05) is 17.5 Å². The van der Waals surface area contributed by atoms with Gasteiger partial charge in [-0.1, -0.05) is 111 Å². The highest BCUT2D eigenvalue weighted by atomic mass is 32.2. The molecule has 0 aliphatic heterocycles. The molecule has 0 fully saturated rings. The fraction of sp³-hybridized carbons (Fsp3) is 0.172. The summed E-state index contributed by atoms with van der Waals surface area (Å²) in [4.78, 5) is 12.4. The van der Waals surface area contributed by atoms with Crippen LogP contribution in [-0.2, 0) is 10.2 Å². The van der Waals surface area contributed by atoms with Crippen molar-refractivity contribution in [3.05, 3.63) is 102 Å². The zero-order valence-electron chi connectivity index (χ0n) is 20.6. The second-order valence-corrected chi connectivity index (χ2v) is 10.1. The van der Waals surface area contributed by atoms with E-state index in [-0.39, 0.29) is 17.1 Å². The smallest absolute Gasteiger partial charge is 0.250 e. The van der Waals surface area contributed by atoms with Crippen molar-refractivity contribution in [3.8, 4) is 17.1 Å². The first-order valence-corrected chi connectivity index (χ1v) is 12.7. The van der Waals surface area contributed by atoms with Gasteiger partial charge in [-0.05, 0) is 34.8 Å². The average Bonchev–Trinajstić information content (AvgIpc) is 3.32. The van der Waals surface area contributed by atoms with Crippen LogP contribution in [0.2, 0.25) is 0 Å². The predicted octanol–water partition coefficient (Wildman–Crippen LogP) is 6.14. The molecule has 4 rings (SSSR count). The van der Waals surface area contributed by atoms with Crippen LogP contribution >= 0.6 is 11.8 Å². The van der Waals surface area contributed by atoms with Crippen molar-refractivity contribution < 1.29 is 4.79 Å². The van der Waals surface area contributed by atoms with Crippen LogP contribution in [0.25, 0.3) is 23.2 Å². The molecule has 0 saturated heterocycles. The number of nitrogens with one attached hydrogen (secondary N) is 1. The minimum atomic E-state index is -0.219. The van der Waals surface area contributed by atoms with Crippen molar-refractivity contribution in [1.82, 2.24) is 20.2 Å². The number of allylic oxidation sites excluding steroid dienone is 1. The van der Waals surface area contributed by atoms with Crippen LogP contribution in [0.5, 0.6) is 0 Å². The molecule has 0 unspecified atom stereocenters. The van der Waals surface area contributed by atoms with Crippen molar-refractivity contribution in [2.75, 3.05) is 5.75 Å². The van der Waals surface area contributed by atoms with Crippen molar-refractivity contribution in [2.45, 2.75) is 31.3 Å². The van der Waals surface area contributed by atoms with Gasteiger partial charge in [0.05, 0.1) is 5.75 Å². The maximum atomic E-state index is 12.4. The molecule has 1 heterocycles. The van der Waals surface area contributed by atoms with Crippen molar-refractivity contribution in [3.63, 3.8) is 0 Å². The van der Waals surface area contributed by atoms with E-state index < -0.39 is 0 Å². The van der Waals surface area contributed by atoms with Gasteiger partial charge >= 0.3 is 0 Å². The van der Waals surface area contributed by atoms with Crippen LogP contribution in [0.4, 0.5) is 0 Å². The van der Waals surface area contributed by atoms with Crippen LogP contribution in [0, 0.1) is 0 Å². The van der Waals surface area contributed by atoms with Gasteiger partial charge in [0.1, 0.15) is 0 Å². The number of rotatable bonds is 8. The Kier molecular flexibility index (Phi) is 8.13. The zero-order chi connectivity index (χ0) is 25.4. The summed E-state index contributed by atoms with van der Waals surface area (Å²) in [6.07, 6.45) is 5.26. The molecular formula is C29H29N5OS. The highest BCUT2D eigenvalue weighted by Crippen LogP contribution is 2.30. The van der Waals surface area contributed by atoms with E-state index in [1.54, 1.807) is 12.3 Å². The molecule has 0 bridgehead atoms. The fourth-order valence-corrected chi connectivity index (χ4v) is 4.26. The highest BCUT2D eigenvalue weighted by Gasteiger charge is 2.18. The molecular weight excluding hydrogens is 466 g/mol. The standard InChI is InChI=1S/C29H29N5OS/c1-29(2,3)24-18-16-23(17-19-24)27-32-33-28(34(27)25-14-8-5-9-15-25)36-21-26(35)31-30-20-10-13-22-11-6-4-7-12-22/h4-20H,21H2,1-3H3,(H,31,35)/b13-10+,30-20-. The zero-order valence-corrected chi connectivity index (χ0v) is 21.4. The molecule has 0 spiro atoms. The van der Waals surface area contributed by atoms with Crippen LogP contribution in [0.1, 0.15) is 31.9 Å². The summed E-state index contributed by atoms with van der Waals surface area (Å²) in [6, 6.07) is 28.2. The second-order valence-electron chi connectivity index (χ2n) is 9.18. The minimum Gasteiger partial charge on any atom is -0.272 e. The number of carbonyl (C=O) groups is 1. The Balaban J connectivity index is 1.46. The summed E-state index contributed by atoms with van der Waals surface area (Å²) in [5, 5.41) is 13.5. The number of thioether (sulfide) groups is 1. The lowest BCUT2D eigenvalue weighted by Gasteiger charge is -2.19. The molecule has 4 aromatic rings. The van der Waals surface area contributed by atoms with Crippen molar-refractivity contribution in [2.24, 2.45) is 5.10 Å². The number of amides is 1. The summed E-state index contributed by atoms with van der Waals surface area (Å²) in [7, 11) is 0. The summed E-state index contributed by atoms with van der Waals surface area (Å²) in [6.45, 7) is 6.58. The Morgan fingerprint density at radius 3 is 2.28 bits per heavy atom. The maximum Gasteiger partial charge on any atom is 0.250 e. The first kappa shape index (κ1) is 25.1. The van der Waals surface area contributed by atoms with Crippen LogP contribution in [0.15, 0.2) is 101 Å². The normalized spacial score (nSPS) is 11.9. The van der Waals surface area contributed by atoms with E-state index in [9.17, 15) is 4.79 Å². The van der Waals surface area contributed by atoms with Crippen molar-refractivity contribution >= 4 is 30.0 Å². The lowest BCUT2D eigenvalue weighted by atomic mass is 9.87. The first-order chi connectivity index (χ1) is 17.4. The minimum absolute atomic E-state index is 0.0693. The Hall–Kier alpha value is -3.97. The number of benzene rings is 3. The molecule has 0 aliphatic carbocycles. The predicted molar refractivity (Wildman–Crippen MR) is 148 cm³/mol. The molecule has 182 valence electrons. The number of nitrogens with zero attached hydrogens (tertiary/aromatic N) is 4. The number of carbonyl (C=O) groups excluding carboxylic acids is 1. The Morgan fingerprint density at radius 1 is 0.944 bits per heavy atom. The van der Waals surface area contributed by atoms with Gasteiger partial charge in [-0.25, -0.2) is 5.43 Å². The molecule has 7 heteroatoms. The molecule has 0 saturated carbocycles. The monoisotopic (exact) mass is 495 g/mol. The largest absolute Gasteiger partial charge is 0.272 e. The fourth-order valence-electron chi connectivity index (χ4n) is 3.51. The van der Waals surface area contributed by atoms with Crippen LogP contribution in [0.3, 0.4) is 0 Å². The molecule has 36 heavy (non-hydrogen) atoms. The maximum absolute atomic E-state index is 12.4. The van der Waals surface area contributed by atoms with Gasteiger partial charge in [0.25, 0.3) is 5.91 Å². The SMILES string of the molecule is CC(C)(C)c1ccc(-c2nnc(SCC(=O)N/N=C\C=C\c3ccccc3)n2-c2ccccc2)cc1. The topological polar surface area (TPSA) is 72.2 Å². The van der Waals surface area contributed by atoms with E-state index in [1.807, 2.05) is 71.3 Å². The third-order valence-corrected chi connectivity index (χ3v) is 6.36. The number of hydrogen-bond donors (Lipinski definition) is 1. The molecule has 1 aromatic heterocycles. The van der Waals surface area contributed by atoms with Crippen molar-refractivity contribution in [1.29, 1.82) is 0 Å². The van der Waals surface area contributed by atoms with Gasteiger partial charge in [-0.3, -0.25) is 9.36 Å². The number of hydrogen-bond acceptors (Lipinski definition) is 5. The van der Waals surface area contributed by atoms with E-state index in [0.29, 0.717) is 5.16 Å².